The van der Waals surface area contributed by atoms with Gasteiger partial charge in [0.2, 0.25) is 0 Å². The molecule has 0 amide bonds. The largest absolute Gasteiger partial charge is 0.457 e. The smallest absolute Gasteiger partial charge is 0.338 e. The lowest BCUT2D eigenvalue weighted by Crippen LogP contribution is -2.08. The molecule has 0 aliphatic rings. The number of esters is 1. The number of rotatable bonds is 3. The summed E-state index contributed by atoms with van der Waals surface area (Å²) in [6.45, 7) is 4.01. The van der Waals surface area contributed by atoms with Gasteiger partial charge in [0.25, 0.3) is 0 Å². The zero-order valence-corrected chi connectivity index (χ0v) is 11.0. The molecule has 0 bridgehead atoms. The number of hydrogen-bond acceptors (Lipinski definition) is 4. The first-order chi connectivity index (χ1) is 9.06. The van der Waals surface area contributed by atoms with Crippen LogP contribution < -0.4 is 5.73 Å². The van der Waals surface area contributed by atoms with Gasteiger partial charge in [-0.3, -0.25) is 4.98 Å². The quantitative estimate of drug-likeness (QED) is 0.677. The Kier molecular flexibility index (Phi) is 3.80. The van der Waals surface area contributed by atoms with Crippen LogP contribution in [0, 0.1) is 13.8 Å². The molecule has 4 heteroatoms. The van der Waals surface area contributed by atoms with Crippen LogP contribution in [0.15, 0.2) is 36.7 Å². The molecule has 0 saturated carbocycles. The van der Waals surface area contributed by atoms with Gasteiger partial charge in [-0.05, 0) is 43.2 Å². The van der Waals surface area contributed by atoms with E-state index in [1.807, 2.05) is 19.9 Å². The summed E-state index contributed by atoms with van der Waals surface area (Å²) in [6, 6.07) is 7.13. The molecule has 0 radical (unpaired) electrons. The molecule has 98 valence electrons. The van der Waals surface area contributed by atoms with Crippen LogP contribution in [0.2, 0.25) is 0 Å². The number of aryl methyl sites for hydroxylation is 2. The number of benzene rings is 1. The molecule has 4 nitrogen and oxygen atoms in total. The number of nitrogens with zero attached hydrogens (tertiary/aromatic N) is 1. The molecule has 2 rings (SSSR count). The van der Waals surface area contributed by atoms with Crippen molar-refractivity contribution in [3.8, 4) is 0 Å². The predicted octanol–water partition coefficient (Wildman–Crippen LogP) is 2.64. The van der Waals surface area contributed by atoms with Crippen LogP contribution in [0.4, 0.5) is 5.69 Å². The van der Waals surface area contributed by atoms with E-state index in [-0.39, 0.29) is 12.6 Å². The number of ether oxygens (including phenoxy) is 1. The maximum atomic E-state index is 12.0. The van der Waals surface area contributed by atoms with Gasteiger partial charge < -0.3 is 10.5 Å². The molecule has 0 atom stereocenters. The Morgan fingerprint density at radius 3 is 2.79 bits per heavy atom. The molecule has 1 aromatic carbocycles. The second-order valence-electron chi connectivity index (χ2n) is 4.52. The second kappa shape index (κ2) is 5.52. The maximum absolute atomic E-state index is 12.0. The Morgan fingerprint density at radius 2 is 2.05 bits per heavy atom. The number of carbonyl (C=O) groups excluding carboxylic acids is 1. The molecule has 1 aromatic heterocycles. The lowest BCUT2D eigenvalue weighted by molar-refractivity contribution is 0.0471. The number of hydrogen-bond donors (Lipinski definition) is 1. The van der Waals surface area contributed by atoms with Gasteiger partial charge >= 0.3 is 5.97 Å². The number of aromatic nitrogens is 1. The predicted molar refractivity (Wildman–Crippen MR) is 73.7 cm³/mol. The van der Waals surface area contributed by atoms with E-state index in [2.05, 4.69) is 4.98 Å². The molecule has 2 aromatic rings. The Balaban J connectivity index is 2.07. The average Bonchev–Trinajstić information content (AvgIpc) is 2.39. The summed E-state index contributed by atoms with van der Waals surface area (Å²) >= 11 is 0. The summed E-state index contributed by atoms with van der Waals surface area (Å²) in [5, 5.41) is 0. The summed E-state index contributed by atoms with van der Waals surface area (Å²) in [5.41, 5.74) is 9.48. The minimum atomic E-state index is -0.369. The fourth-order valence-electron chi connectivity index (χ4n) is 1.78. The van der Waals surface area contributed by atoms with Gasteiger partial charge in [0.1, 0.15) is 6.61 Å². The fraction of sp³-hybridized carbons (Fsp3) is 0.200. The van der Waals surface area contributed by atoms with Gasteiger partial charge in [-0.2, -0.15) is 0 Å². The van der Waals surface area contributed by atoms with E-state index in [1.165, 1.54) is 0 Å². The molecular weight excluding hydrogens is 240 g/mol. The molecule has 2 N–H and O–H groups in total. The third kappa shape index (κ3) is 3.31. The lowest BCUT2D eigenvalue weighted by Gasteiger charge is -2.08. The summed E-state index contributed by atoms with van der Waals surface area (Å²) < 4.78 is 5.27. The maximum Gasteiger partial charge on any atom is 0.338 e. The van der Waals surface area contributed by atoms with Gasteiger partial charge in [-0.25, -0.2) is 4.79 Å². The third-order valence-corrected chi connectivity index (χ3v) is 2.78. The Labute approximate surface area is 112 Å². The molecule has 0 aliphatic heterocycles. The number of nitrogens with two attached hydrogens (primary N) is 1. The van der Waals surface area contributed by atoms with Gasteiger partial charge in [-0.15, -0.1) is 0 Å². The highest BCUT2D eigenvalue weighted by Crippen LogP contribution is 2.14. The van der Waals surface area contributed by atoms with Crippen molar-refractivity contribution in [3.05, 3.63) is 58.9 Å². The molecule has 0 fully saturated rings. The Hall–Kier alpha value is -2.36. The fourth-order valence-corrected chi connectivity index (χ4v) is 1.78. The normalized spacial score (nSPS) is 10.2. The van der Waals surface area contributed by atoms with Crippen molar-refractivity contribution >= 4 is 11.7 Å². The highest BCUT2D eigenvalue weighted by atomic mass is 16.5. The van der Waals surface area contributed by atoms with E-state index >= 15 is 0 Å². The number of carbonyl (C=O) groups is 1. The lowest BCUT2D eigenvalue weighted by atomic mass is 10.1. The molecule has 19 heavy (non-hydrogen) atoms. The van der Waals surface area contributed by atoms with Gasteiger partial charge in [0.05, 0.1) is 5.56 Å². The molecule has 0 unspecified atom stereocenters. The molecule has 1 heterocycles. The zero-order chi connectivity index (χ0) is 13.8. The van der Waals surface area contributed by atoms with E-state index in [4.69, 9.17) is 10.5 Å². The van der Waals surface area contributed by atoms with E-state index in [0.717, 1.165) is 16.7 Å². The number of pyridine rings is 1. The highest BCUT2D eigenvalue weighted by molar-refractivity contribution is 5.92. The Bertz CT molecular complexity index is 609. The van der Waals surface area contributed by atoms with E-state index in [9.17, 15) is 4.79 Å². The van der Waals surface area contributed by atoms with Crippen molar-refractivity contribution in [3.63, 3.8) is 0 Å². The third-order valence-electron chi connectivity index (χ3n) is 2.78. The van der Waals surface area contributed by atoms with Crippen LogP contribution in [0.5, 0.6) is 0 Å². The first-order valence-electron chi connectivity index (χ1n) is 6.00. The summed E-state index contributed by atoms with van der Waals surface area (Å²) in [5.74, 6) is -0.369. The van der Waals surface area contributed by atoms with Crippen LogP contribution in [0.3, 0.4) is 0 Å². The van der Waals surface area contributed by atoms with Gasteiger partial charge in [0.15, 0.2) is 0 Å². The standard InChI is InChI=1S/C15H16N2O2/c1-10-5-12(8-17-7-10)9-19-15(18)14-6-13(16)4-3-11(14)2/h3-8H,9,16H2,1-2H3. The van der Waals surface area contributed by atoms with Crippen molar-refractivity contribution < 1.29 is 9.53 Å². The zero-order valence-electron chi connectivity index (χ0n) is 11.0. The minimum Gasteiger partial charge on any atom is -0.457 e. The van der Waals surface area contributed by atoms with E-state index in [0.29, 0.717) is 11.3 Å². The molecular formula is C15H16N2O2. The van der Waals surface area contributed by atoms with Crippen molar-refractivity contribution in [1.82, 2.24) is 4.98 Å². The molecule has 0 spiro atoms. The van der Waals surface area contributed by atoms with Crippen LogP contribution in [-0.2, 0) is 11.3 Å². The summed E-state index contributed by atoms with van der Waals surface area (Å²) in [6.07, 6.45) is 3.44. The summed E-state index contributed by atoms with van der Waals surface area (Å²) in [4.78, 5) is 16.0. The molecule has 0 saturated heterocycles. The number of anilines is 1. The minimum absolute atomic E-state index is 0.210. The van der Waals surface area contributed by atoms with Crippen molar-refractivity contribution in [2.45, 2.75) is 20.5 Å². The van der Waals surface area contributed by atoms with Crippen LogP contribution in [0.25, 0.3) is 0 Å². The van der Waals surface area contributed by atoms with Gasteiger partial charge in [-0.1, -0.05) is 6.07 Å². The molecule has 0 aliphatic carbocycles. The van der Waals surface area contributed by atoms with Gasteiger partial charge in [0, 0.05) is 23.6 Å². The first-order valence-corrected chi connectivity index (χ1v) is 6.00. The highest BCUT2D eigenvalue weighted by Gasteiger charge is 2.11. The van der Waals surface area contributed by atoms with Crippen molar-refractivity contribution in [2.24, 2.45) is 0 Å². The topological polar surface area (TPSA) is 65.2 Å². The van der Waals surface area contributed by atoms with E-state index in [1.54, 1.807) is 30.6 Å². The Morgan fingerprint density at radius 1 is 1.26 bits per heavy atom. The monoisotopic (exact) mass is 256 g/mol. The van der Waals surface area contributed by atoms with Crippen molar-refractivity contribution in [2.75, 3.05) is 5.73 Å². The SMILES string of the molecule is Cc1cncc(COC(=O)c2cc(N)ccc2C)c1. The van der Waals surface area contributed by atoms with Crippen molar-refractivity contribution in [1.29, 1.82) is 0 Å². The van der Waals surface area contributed by atoms with Crippen LogP contribution in [0.1, 0.15) is 27.0 Å². The van der Waals surface area contributed by atoms with E-state index < -0.39 is 0 Å². The second-order valence-corrected chi connectivity index (χ2v) is 4.52. The average molecular weight is 256 g/mol. The van der Waals surface area contributed by atoms with Crippen LogP contribution >= 0.6 is 0 Å². The summed E-state index contributed by atoms with van der Waals surface area (Å²) in [7, 11) is 0. The number of nitrogen functional groups attached to an aromatic ring is 1. The first kappa shape index (κ1) is 13.1. The van der Waals surface area contributed by atoms with Crippen LogP contribution in [-0.4, -0.2) is 11.0 Å².